The zero-order valence-corrected chi connectivity index (χ0v) is 15.9. The minimum Gasteiger partial charge on any atom is -0.490 e. The van der Waals surface area contributed by atoms with Crippen molar-refractivity contribution in [2.24, 2.45) is 0 Å². The van der Waals surface area contributed by atoms with Crippen molar-refractivity contribution >= 4 is 5.69 Å². The molecule has 4 heteroatoms. The van der Waals surface area contributed by atoms with Crippen LogP contribution in [0.1, 0.15) is 49.4 Å². The summed E-state index contributed by atoms with van der Waals surface area (Å²) in [7, 11) is 0. The fourth-order valence-electron chi connectivity index (χ4n) is 3.67. The highest BCUT2D eigenvalue weighted by atomic mass is 16.5. The molecule has 1 aliphatic rings. The number of fused-ring (bicyclic) bond motifs is 1. The van der Waals surface area contributed by atoms with Crippen LogP contribution in [-0.4, -0.2) is 19.8 Å². The highest BCUT2D eigenvalue weighted by molar-refractivity contribution is 5.47. The first-order chi connectivity index (χ1) is 12.7. The molecular weight excluding hydrogens is 324 g/mol. The number of rotatable bonds is 8. The van der Waals surface area contributed by atoms with E-state index in [1.54, 1.807) is 0 Å². The van der Waals surface area contributed by atoms with Gasteiger partial charge in [-0.15, -0.1) is 0 Å². The van der Waals surface area contributed by atoms with Crippen LogP contribution >= 0.6 is 0 Å². The Kier molecular flexibility index (Phi) is 6.40. The lowest BCUT2D eigenvalue weighted by Gasteiger charge is -2.27. The van der Waals surface area contributed by atoms with Gasteiger partial charge in [-0.3, -0.25) is 0 Å². The predicted molar refractivity (Wildman–Crippen MR) is 107 cm³/mol. The molecule has 4 nitrogen and oxygen atoms in total. The quantitative estimate of drug-likeness (QED) is 0.695. The van der Waals surface area contributed by atoms with Crippen LogP contribution in [-0.2, 0) is 12.8 Å². The average Bonchev–Trinajstić information content (AvgIpc) is 2.64. The zero-order valence-electron chi connectivity index (χ0n) is 15.9. The van der Waals surface area contributed by atoms with E-state index in [2.05, 4.69) is 29.6 Å². The number of hydrogen-bond acceptors (Lipinski definition) is 4. The van der Waals surface area contributed by atoms with Crippen LogP contribution in [0, 0.1) is 0 Å². The molecule has 3 N–H and O–H groups in total. The summed E-state index contributed by atoms with van der Waals surface area (Å²) in [5.41, 5.74) is 10.9. The van der Waals surface area contributed by atoms with E-state index < -0.39 is 0 Å². The van der Waals surface area contributed by atoms with E-state index in [-0.39, 0.29) is 0 Å². The van der Waals surface area contributed by atoms with Crippen LogP contribution in [0.25, 0.3) is 0 Å². The lowest BCUT2D eigenvalue weighted by molar-refractivity contribution is 0.287. The second-order valence-corrected chi connectivity index (χ2v) is 6.75. The molecule has 2 aromatic rings. The Morgan fingerprint density at radius 1 is 1.04 bits per heavy atom. The lowest BCUT2D eigenvalue weighted by Crippen LogP contribution is -2.27. The third-order valence-electron chi connectivity index (χ3n) is 4.90. The summed E-state index contributed by atoms with van der Waals surface area (Å²) in [5, 5.41) is 3.72. The van der Waals surface area contributed by atoms with E-state index in [9.17, 15) is 0 Å². The summed E-state index contributed by atoms with van der Waals surface area (Å²) in [6.45, 7) is 6.20. The van der Waals surface area contributed by atoms with Gasteiger partial charge in [-0.05, 0) is 87.0 Å². The molecule has 0 fully saturated rings. The molecule has 26 heavy (non-hydrogen) atoms. The van der Waals surface area contributed by atoms with Gasteiger partial charge in [-0.2, -0.15) is 0 Å². The molecule has 0 saturated carbocycles. The topological polar surface area (TPSA) is 56.5 Å². The van der Waals surface area contributed by atoms with E-state index >= 15 is 0 Å². The Bertz CT molecular complexity index is 730. The van der Waals surface area contributed by atoms with Crippen molar-refractivity contribution in [2.45, 2.75) is 45.6 Å². The predicted octanol–water partition coefficient (Wildman–Crippen LogP) is 4.28. The summed E-state index contributed by atoms with van der Waals surface area (Å²) in [5.74, 6) is 1.66. The number of benzene rings is 2. The lowest BCUT2D eigenvalue weighted by atomic mass is 9.87. The SMILES string of the molecule is CCOc1ccc(CCNC2CCCc3ccc(N)cc32)cc1OCC. The highest BCUT2D eigenvalue weighted by Gasteiger charge is 2.19. The summed E-state index contributed by atoms with van der Waals surface area (Å²) in [6.07, 6.45) is 4.51. The third-order valence-corrected chi connectivity index (χ3v) is 4.90. The van der Waals surface area contributed by atoms with Gasteiger partial charge in [0, 0.05) is 11.7 Å². The molecule has 0 radical (unpaired) electrons. The van der Waals surface area contributed by atoms with Gasteiger partial charge < -0.3 is 20.5 Å². The number of nitrogens with two attached hydrogens (primary N) is 1. The first-order valence-corrected chi connectivity index (χ1v) is 9.71. The molecule has 0 amide bonds. The van der Waals surface area contributed by atoms with E-state index in [1.807, 2.05) is 26.0 Å². The first-order valence-electron chi connectivity index (χ1n) is 9.71. The summed E-state index contributed by atoms with van der Waals surface area (Å²) >= 11 is 0. The standard InChI is InChI=1S/C22H30N2O2/c1-3-25-21-11-8-16(14-22(21)26-4-2)12-13-24-20-7-5-6-17-9-10-18(23)15-19(17)20/h8-11,14-15,20,24H,3-7,12-13,23H2,1-2H3. The summed E-state index contributed by atoms with van der Waals surface area (Å²) in [4.78, 5) is 0. The Balaban J connectivity index is 1.62. The Hall–Kier alpha value is -2.20. The molecule has 0 spiro atoms. The van der Waals surface area contributed by atoms with Gasteiger partial charge in [-0.25, -0.2) is 0 Å². The highest BCUT2D eigenvalue weighted by Crippen LogP contribution is 2.31. The third kappa shape index (κ3) is 4.50. The van der Waals surface area contributed by atoms with Crippen LogP contribution in [0.15, 0.2) is 36.4 Å². The van der Waals surface area contributed by atoms with Gasteiger partial charge in [0.1, 0.15) is 0 Å². The molecule has 1 aliphatic carbocycles. The molecule has 0 heterocycles. The molecule has 0 bridgehead atoms. The maximum atomic E-state index is 5.99. The van der Waals surface area contributed by atoms with Gasteiger partial charge in [0.15, 0.2) is 11.5 Å². The van der Waals surface area contributed by atoms with E-state index in [0.717, 1.165) is 36.6 Å². The van der Waals surface area contributed by atoms with E-state index in [0.29, 0.717) is 19.3 Å². The van der Waals surface area contributed by atoms with Crippen molar-refractivity contribution in [3.05, 3.63) is 53.1 Å². The number of ether oxygens (including phenoxy) is 2. The minimum atomic E-state index is 0.399. The van der Waals surface area contributed by atoms with Gasteiger partial charge in [-0.1, -0.05) is 12.1 Å². The van der Waals surface area contributed by atoms with Crippen molar-refractivity contribution in [1.29, 1.82) is 0 Å². The van der Waals surface area contributed by atoms with Crippen molar-refractivity contribution in [1.82, 2.24) is 5.32 Å². The number of nitrogens with one attached hydrogen (secondary N) is 1. The molecular formula is C22H30N2O2. The average molecular weight is 354 g/mol. The Morgan fingerprint density at radius 2 is 1.85 bits per heavy atom. The number of hydrogen-bond donors (Lipinski definition) is 2. The molecule has 3 rings (SSSR count). The second kappa shape index (κ2) is 8.95. The largest absolute Gasteiger partial charge is 0.490 e. The maximum absolute atomic E-state index is 5.99. The monoisotopic (exact) mass is 354 g/mol. The van der Waals surface area contributed by atoms with Crippen molar-refractivity contribution < 1.29 is 9.47 Å². The Labute approximate surface area is 156 Å². The van der Waals surface area contributed by atoms with Crippen molar-refractivity contribution in [3.63, 3.8) is 0 Å². The summed E-state index contributed by atoms with van der Waals surface area (Å²) < 4.78 is 11.4. The van der Waals surface area contributed by atoms with Crippen molar-refractivity contribution in [2.75, 3.05) is 25.5 Å². The zero-order chi connectivity index (χ0) is 18.4. The molecule has 1 unspecified atom stereocenters. The smallest absolute Gasteiger partial charge is 0.161 e. The van der Waals surface area contributed by atoms with E-state index in [4.69, 9.17) is 15.2 Å². The molecule has 0 aliphatic heterocycles. The van der Waals surface area contributed by atoms with Crippen molar-refractivity contribution in [3.8, 4) is 11.5 Å². The van der Waals surface area contributed by atoms with Crippen LogP contribution in [0.4, 0.5) is 5.69 Å². The number of anilines is 1. The Morgan fingerprint density at radius 3 is 2.65 bits per heavy atom. The molecule has 0 saturated heterocycles. The van der Waals surface area contributed by atoms with Crippen LogP contribution in [0.2, 0.25) is 0 Å². The molecule has 2 aromatic carbocycles. The summed E-state index contributed by atoms with van der Waals surface area (Å²) in [6, 6.07) is 13.0. The van der Waals surface area contributed by atoms with Crippen LogP contribution in [0.5, 0.6) is 11.5 Å². The van der Waals surface area contributed by atoms with Crippen LogP contribution in [0.3, 0.4) is 0 Å². The number of aryl methyl sites for hydroxylation is 1. The van der Waals surface area contributed by atoms with Gasteiger partial charge in [0.05, 0.1) is 13.2 Å². The normalized spacial score (nSPS) is 16.2. The molecule has 140 valence electrons. The second-order valence-electron chi connectivity index (χ2n) is 6.75. The fourth-order valence-corrected chi connectivity index (χ4v) is 3.67. The fraction of sp³-hybridized carbons (Fsp3) is 0.455. The van der Waals surface area contributed by atoms with Gasteiger partial charge in [0.2, 0.25) is 0 Å². The molecule has 0 aromatic heterocycles. The van der Waals surface area contributed by atoms with Crippen LogP contribution < -0.4 is 20.5 Å². The number of nitrogen functional groups attached to an aromatic ring is 1. The molecule has 1 atom stereocenters. The first kappa shape index (κ1) is 18.6. The maximum Gasteiger partial charge on any atom is 0.161 e. The minimum absolute atomic E-state index is 0.399. The van der Waals surface area contributed by atoms with Gasteiger partial charge >= 0.3 is 0 Å². The van der Waals surface area contributed by atoms with Gasteiger partial charge in [0.25, 0.3) is 0 Å². The van der Waals surface area contributed by atoms with E-state index in [1.165, 1.54) is 29.5 Å².